The Kier molecular flexibility index (Phi) is 6.42. The maximum Gasteiger partial charge on any atom is 0.0781 e. The van der Waals surface area contributed by atoms with Crippen LogP contribution in [0.5, 0.6) is 0 Å². The van der Waals surface area contributed by atoms with Crippen molar-refractivity contribution in [3.63, 3.8) is 0 Å². The Labute approximate surface area is 134 Å². The number of likely N-dealkylation sites (N-methyl/N-ethyl adjacent to an activating group) is 1. The third-order valence-corrected chi connectivity index (χ3v) is 6.08. The van der Waals surface area contributed by atoms with Gasteiger partial charge in [0, 0.05) is 19.3 Å². The second-order valence-corrected chi connectivity index (χ2v) is 8.19. The Bertz CT molecular complexity index is 310. The smallest absolute Gasteiger partial charge is 0.0781 e. The topological polar surface area (TPSA) is 30.5 Å². The number of thioether (sulfide) groups is 1. The summed E-state index contributed by atoms with van der Waals surface area (Å²) in [5.41, 5.74) is 0.0432. The molecule has 4 heteroatoms. The molecule has 2 fully saturated rings. The highest BCUT2D eigenvalue weighted by molar-refractivity contribution is 7.99. The van der Waals surface area contributed by atoms with E-state index in [0.717, 1.165) is 26.2 Å². The Balaban J connectivity index is 2.08. The van der Waals surface area contributed by atoms with Crippen molar-refractivity contribution in [3.8, 4) is 0 Å². The van der Waals surface area contributed by atoms with E-state index in [1.54, 1.807) is 0 Å². The van der Waals surface area contributed by atoms with Crippen molar-refractivity contribution in [2.75, 3.05) is 31.3 Å². The molecule has 0 aromatic rings. The standard InChI is InChI=1S/C17H33NO2S/c1-5-18-15(16(3,4)19-6-2)14-7-10-20-17(13-14)8-11-21-12-9-17/h14-15,18H,5-13H2,1-4H3. The number of hydrogen-bond donors (Lipinski definition) is 1. The summed E-state index contributed by atoms with van der Waals surface area (Å²) < 4.78 is 12.3. The van der Waals surface area contributed by atoms with Crippen molar-refractivity contribution in [2.45, 2.75) is 70.6 Å². The molecule has 0 saturated carbocycles. The van der Waals surface area contributed by atoms with Crippen LogP contribution in [0.15, 0.2) is 0 Å². The van der Waals surface area contributed by atoms with Crippen LogP contribution in [-0.4, -0.2) is 48.5 Å². The minimum Gasteiger partial charge on any atom is -0.375 e. The Morgan fingerprint density at radius 2 is 2.05 bits per heavy atom. The fourth-order valence-corrected chi connectivity index (χ4v) is 5.34. The molecule has 1 spiro atoms. The first-order chi connectivity index (χ1) is 10.0. The van der Waals surface area contributed by atoms with E-state index in [9.17, 15) is 0 Å². The van der Waals surface area contributed by atoms with Gasteiger partial charge in [0.2, 0.25) is 0 Å². The molecule has 21 heavy (non-hydrogen) atoms. The molecule has 2 unspecified atom stereocenters. The summed E-state index contributed by atoms with van der Waals surface area (Å²) >= 11 is 2.08. The zero-order valence-corrected chi connectivity index (χ0v) is 15.1. The van der Waals surface area contributed by atoms with E-state index in [1.165, 1.54) is 30.8 Å². The van der Waals surface area contributed by atoms with Gasteiger partial charge >= 0.3 is 0 Å². The van der Waals surface area contributed by atoms with Crippen LogP contribution in [0.3, 0.4) is 0 Å². The number of hydrogen-bond acceptors (Lipinski definition) is 4. The summed E-state index contributed by atoms with van der Waals surface area (Å²) in [6.07, 6.45) is 4.80. The fourth-order valence-electron chi connectivity index (χ4n) is 4.10. The van der Waals surface area contributed by atoms with Crippen LogP contribution in [0, 0.1) is 5.92 Å². The molecule has 2 atom stereocenters. The zero-order valence-electron chi connectivity index (χ0n) is 14.2. The monoisotopic (exact) mass is 315 g/mol. The van der Waals surface area contributed by atoms with Gasteiger partial charge in [-0.05, 0) is 70.4 Å². The van der Waals surface area contributed by atoms with Gasteiger partial charge in [-0.1, -0.05) is 6.92 Å². The lowest BCUT2D eigenvalue weighted by Crippen LogP contribution is -2.57. The van der Waals surface area contributed by atoms with Crippen LogP contribution in [0.2, 0.25) is 0 Å². The number of ether oxygens (including phenoxy) is 2. The van der Waals surface area contributed by atoms with Crippen LogP contribution in [0.4, 0.5) is 0 Å². The molecule has 2 saturated heterocycles. The molecule has 2 heterocycles. The lowest BCUT2D eigenvalue weighted by atomic mass is 9.74. The minimum absolute atomic E-state index is 0.114. The molecule has 0 radical (unpaired) electrons. The van der Waals surface area contributed by atoms with Crippen LogP contribution in [0.25, 0.3) is 0 Å². The maximum atomic E-state index is 6.26. The molecule has 1 N–H and O–H groups in total. The van der Waals surface area contributed by atoms with Crippen molar-refractivity contribution in [3.05, 3.63) is 0 Å². The van der Waals surface area contributed by atoms with Gasteiger partial charge in [0.05, 0.1) is 11.2 Å². The van der Waals surface area contributed by atoms with E-state index < -0.39 is 0 Å². The molecule has 0 aromatic carbocycles. The zero-order chi connectivity index (χ0) is 15.3. The molecular formula is C17H33NO2S. The highest BCUT2D eigenvalue weighted by atomic mass is 32.2. The summed E-state index contributed by atoms with van der Waals surface area (Å²) in [6, 6.07) is 0.415. The Morgan fingerprint density at radius 1 is 1.33 bits per heavy atom. The largest absolute Gasteiger partial charge is 0.375 e. The number of rotatable bonds is 6. The van der Waals surface area contributed by atoms with Crippen LogP contribution < -0.4 is 5.32 Å². The van der Waals surface area contributed by atoms with Crippen molar-refractivity contribution in [1.29, 1.82) is 0 Å². The summed E-state index contributed by atoms with van der Waals surface area (Å²) in [5, 5.41) is 3.71. The van der Waals surface area contributed by atoms with Crippen LogP contribution in [0.1, 0.15) is 53.4 Å². The molecule has 0 amide bonds. The molecule has 3 nitrogen and oxygen atoms in total. The van der Waals surface area contributed by atoms with Gasteiger partial charge in [-0.25, -0.2) is 0 Å². The predicted octanol–water partition coefficient (Wildman–Crippen LogP) is 3.47. The lowest BCUT2D eigenvalue weighted by molar-refractivity contribution is -0.128. The highest BCUT2D eigenvalue weighted by Crippen LogP contribution is 2.42. The normalized spacial score (nSPS) is 27.7. The van der Waals surface area contributed by atoms with E-state index in [2.05, 4.69) is 44.8 Å². The summed E-state index contributed by atoms with van der Waals surface area (Å²) in [4.78, 5) is 0. The molecule has 2 aliphatic rings. The van der Waals surface area contributed by atoms with Crippen molar-refractivity contribution >= 4 is 11.8 Å². The predicted molar refractivity (Wildman–Crippen MR) is 91.1 cm³/mol. The van der Waals surface area contributed by atoms with E-state index >= 15 is 0 Å². The fraction of sp³-hybridized carbons (Fsp3) is 1.00. The second-order valence-electron chi connectivity index (χ2n) is 6.97. The first kappa shape index (κ1) is 17.6. The van der Waals surface area contributed by atoms with Gasteiger partial charge in [0.25, 0.3) is 0 Å². The first-order valence-corrected chi connectivity index (χ1v) is 9.77. The minimum atomic E-state index is -0.114. The van der Waals surface area contributed by atoms with Crippen molar-refractivity contribution < 1.29 is 9.47 Å². The van der Waals surface area contributed by atoms with Crippen LogP contribution >= 0.6 is 11.8 Å². The third-order valence-electron chi connectivity index (χ3n) is 5.10. The van der Waals surface area contributed by atoms with E-state index in [1.807, 2.05) is 0 Å². The van der Waals surface area contributed by atoms with Gasteiger partial charge in [-0.2, -0.15) is 11.8 Å². The molecular weight excluding hydrogens is 282 g/mol. The molecule has 0 aromatic heterocycles. The van der Waals surface area contributed by atoms with Crippen molar-refractivity contribution in [1.82, 2.24) is 5.32 Å². The molecule has 0 bridgehead atoms. The molecule has 2 rings (SSSR count). The average molecular weight is 316 g/mol. The van der Waals surface area contributed by atoms with Gasteiger partial charge in [0.1, 0.15) is 0 Å². The molecule has 2 aliphatic heterocycles. The summed E-state index contributed by atoms with van der Waals surface area (Å²) in [7, 11) is 0. The summed E-state index contributed by atoms with van der Waals surface area (Å²) in [6.45, 7) is 11.5. The SMILES string of the molecule is CCNC(C1CCOC2(CCSCC2)C1)C(C)(C)OCC. The molecule has 0 aliphatic carbocycles. The van der Waals surface area contributed by atoms with E-state index in [0.29, 0.717) is 12.0 Å². The average Bonchev–Trinajstić information content (AvgIpc) is 2.45. The lowest BCUT2D eigenvalue weighted by Gasteiger charge is -2.48. The van der Waals surface area contributed by atoms with Gasteiger partial charge in [-0.15, -0.1) is 0 Å². The van der Waals surface area contributed by atoms with E-state index in [-0.39, 0.29) is 11.2 Å². The van der Waals surface area contributed by atoms with Gasteiger partial charge < -0.3 is 14.8 Å². The highest BCUT2D eigenvalue weighted by Gasteiger charge is 2.44. The quantitative estimate of drug-likeness (QED) is 0.813. The van der Waals surface area contributed by atoms with E-state index in [4.69, 9.17) is 9.47 Å². The Hall–Kier alpha value is 0.230. The molecule has 124 valence electrons. The maximum absolute atomic E-state index is 6.26. The summed E-state index contributed by atoms with van der Waals surface area (Å²) in [5.74, 6) is 3.17. The third kappa shape index (κ3) is 4.37. The van der Waals surface area contributed by atoms with Crippen molar-refractivity contribution in [2.24, 2.45) is 5.92 Å². The number of nitrogens with one attached hydrogen (secondary N) is 1. The second kappa shape index (κ2) is 7.67. The van der Waals surface area contributed by atoms with Gasteiger partial charge in [-0.3, -0.25) is 0 Å². The first-order valence-electron chi connectivity index (χ1n) is 8.62. The van der Waals surface area contributed by atoms with Gasteiger partial charge in [0.15, 0.2) is 0 Å². The van der Waals surface area contributed by atoms with Crippen LogP contribution in [-0.2, 0) is 9.47 Å². The Morgan fingerprint density at radius 3 is 2.67 bits per heavy atom.